The largest absolute Gasteiger partial charge is 1.00 e. The summed E-state index contributed by atoms with van der Waals surface area (Å²) in [7, 11) is 0. The van der Waals surface area contributed by atoms with Crippen LogP contribution < -0.4 is 34.3 Å². The molecule has 3 nitrogen and oxygen atoms in total. The number of hydrogen-bond donors (Lipinski definition) is 1. The predicted octanol–water partition coefficient (Wildman–Crippen LogP) is -3.22. The second kappa shape index (κ2) is 8.07. The summed E-state index contributed by atoms with van der Waals surface area (Å²) in [6.07, 6.45) is 0.841. The molecule has 0 saturated heterocycles. The van der Waals surface area contributed by atoms with Crippen molar-refractivity contribution in [1.82, 2.24) is 4.72 Å². The van der Waals surface area contributed by atoms with Gasteiger partial charge in [-0.3, -0.25) is 4.21 Å². The zero-order valence-corrected chi connectivity index (χ0v) is 7.96. The summed E-state index contributed by atoms with van der Waals surface area (Å²) in [6.45, 7) is 2.44. The second-order valence-corrected chi connectivity index (χ2v) is 1.89. The van der Waals surface area contributed by atoms with Crippen molar-refractivity contribution in [3.63, 3.8) is 0 Å². The maximum absolute atomic E-state index is 9.65. The van der Waals surface area contributed by atoms with Gasteiger partial charge in [-0.05, 0) is 6.42 Å². The quantitative estimate of drug-likeness (QED) is 0.335. The van der Waals surface area contributed by atoms with E-state index in [2.05, 4.69) is 4.72 Å². The fourth-order valence-electron chi connectivity index (χ4n) is 0.185. The van der Waals surface area contributed by atoms with Gasteiger partial charge in [-0.15, -0.1) is 0 Å². The smallest absolute Gasteiger partial charge is 0.760 e. The summed E-state index contributed by atoms with van der Waals surface area (Å²) in [5.41, 5.74) is 0. The second-order valence-electron chi connectivity index (χ2n) is 1.13. The molecule has 0 aromatic rings. The average molecular weight is 145 g/mol. The van der Waals surface area contributed by atoms with E-state index < -0.39 is 11.3 Å². The molecule has 8 heavy (non-hydrogen) atoms. The third-order valence-corrected chi connectivity index (χ3v) is 0.910. The van der Waals surface area contributed by atoms with Crippen molar-refractivity contribution in [3.05, 3.63) is 0 Å². The van der Waals surface area contributed by atoms with Crippen LogP contribution in [-0.4, -0.2) is 15.3 Å². The van der Waals surface area contributed by atoms with Crippen molar-refractivity contribution in [2.45, 2.75) is 13.3 Å². The van der Waals surface area contributed by atoms with Gasteiger partial charge in [-0.2, -0.15) is 0 Å². The summed E-state index contributed by atoms with van der Waals surface area (Å²) in [6, 6.07) is 0. The maximum Gasteiger partial charge on any atom is 1.00 e. The number of rotatable bonds is 3. The summed E-state index contributed by atoms with van der Waals surface area (Å²) in [5, 5.41) is 0. The molecule has 0 aliphatic rings. The van der Waals surface area contributed by atoms with Crippen LogP contribution in [0.2, 0.25) is 0 Å². The fraction of sp³-hybridized carbons (Fsp3) is 1.00. The molecule has 0 aliphatic carbocycles. The predicted molar refractivity (Wildman–Crippen MR) is 27.2 cm³/mol. The molecule has 0 aromatic carbocycles. The first-order valence-corrected chi connectivity index (χ1v) is 3.17. The molecule has 0 radical (unpaired) electrons. The Kier molecular flexibility index (Phi) is 11.9. The van der Waals surface area contributed by atoms with Gasteiger partial charge < -0.3 is 4.55 Å². The van der Waals surface area contributed by atoms with Crippen molar-refractivity contribution in [3.8, 4) is 0 Å². The third-order valence-electron chi connectivity index (χ3n) is 0.470. The number of hydrogen-bond acceptors (Lipinski definition) is 2. The molecule has 1 atom stereocenters. The average Bonchev–Trinajstić information content (AvgIpc) is 1.61. The van der Waals surface area contributed by atoms with Gasteiger partial charge in [-0.1, -0.05) is 6.92 Å². The van der Waals surface area contributed by atoms with Gasteiger partial charge in [0.2, 0.25) is 0 Å². The van der Waals surface area contributed by atoms with Crippen LogP contribution in [-0.2, 0) is 11.3 Å². The van der Waals surface area contributed by atoms with E-state index in [-0.39, 0.29) is 29.6 Å². The zero-order chi connectivity index (χ0) is 5.70. The summed E-state index contributed by atoms with van der Waals surface area (Å²) < 4.78 is 21.5. The topological polar surface area (TPSA) is 52.2 Å². The summed E-state index contributed by atoms with van der Waals surface area (Å²) in [4.78, 5) is 0. The van der Waals surface area contributed by atoms with E-state index in [0.717, 1.165) is 6.42 Å². The summed E-state index contributed by atoms with van der Waals surface area (Å²) in [5.74, 6) is 0. The number of nitrogens with one attached hydrogen (secondary N) is 1. The molecule has 0 aromatic heterocycles. The molecule has 0 rings (SSSR count). The molecular weight excluding hydrogens is 137 g/mol. The van der Waals surface area contributed by atoms with Crippen LogP contribution in [0.3, 0.4) is 0 Å². The van der Waals surface area contributed by atoms with Gasteiger partial charge in [0.05, 0.1) is 0 Å². The minimum Gasteiger partial charge on any atom is -0.760 e. The van der Waals surface area contributed by atoms with Crippen molar-refractivity contribution in [2.75, 3.05) is 6.54 Å². The normalized spacial score (nSPS) is 12.2. The van der Waals surface area contributed by atoms with Crippen molar-refractivity contribution in [1.29, 1.82) is 0 Å². The van der Waals surface area contributed by atoms with Crippen LogP contribution in [0.25, 0.3) is 0 Å². The van der Waals surface area contributed by atoms with Crippen LogP contribution in [0.15, 0.2) is 0 Å². The van der Waals surface area contributed by atoms with Crippen LogP contribution in [0.4, 0.5) is 0 Å². The molecule has 0 spiro atoms. The molecule has 0 fully saturated rings. The van der Waals surface area contributed by atoms with Crippen molar-refractivity contribution in [2.24, 2.45) is 0 Å². The SMILES string of the molecule is CCCNS(=O)[O-].[Na+]. The Morgan fingerprint density at radius 2 is 2.25 bits per heavy atom. The van der Waals surface area contributed by atoms with Gasteiger partial charge in [-0.25, -0.2) is 4.72 Å². The van der Waals surface area contributed by atoms with Gasteiger partial charge in [0.25, 0.3) is 0 Å². The Bertz CT molecular complexity index is 70.3. The fourth-order valence-corrected chi connectivity index (χ4v) is 0.556. The van der Waals surface area contributed by atoms with Crippen LogP contribution in [0, 0.1) is 0 Å². The van der Waals surface area contributed by atoms with E-state index in [1.807, 2.05) is 6.92 Å². The van der Waals surface area contributed by atoms with Gasteiger partial charge in [0.1, 0.15) is 0 Å². The molecule has 1 unspecified atom stereocenters. The Morgan fingerprint density at radius 3 is 2.38 bits per heavy atom. The Hall–Kier alpha value is 1.07. The molecule has 0 bridgehead atoms. The zero-order valence-electron chi connectivity index (χ0n) is 5.14. The van der Waals surface area contributed by atoms with Crippen molar-refractivity contribution < 1.29 is 38.3 Å². The van der Waals surface area contributed by atoms with Gasteiger partial charge in [0.15, 0.2) is 0 Å². The molecule has 5 heteroatoms. The first-order chi connectivity index (χ1) is 3.27. The van der Waals surface area contributed by atoms with Crippen LogP contribution >= 0.6 is 0 Å². The third kappa shape index (κ3) is 10.1. The standard InChI is InChI=1S/C3H9NO2S.Na/c1-2-3-4-7(5)6;/h4H,2-3H2,1H3,(H,5,6);/q;+1/p-1. The minimum absolute atomic E-state index is 0. The monoisotopic (exact) mass is 145 g/mol. The summed E-state index contributed by atoms with van der Waals surface area (Å²) >= 11 is -2.07. The van der Waals surface area contributed by atoms with Crippen LogP contribution in [0.5, 0.6) is 0 Å². The molecule has 0 aliphatic heterocycles. The van der Waals surface area contributed by atoms with E-state index in [9.17, 15) is 8.76 Å². The molecule has 0 heterocycles. The molecule has 0 amide bonds. The van der Waals surface area contributed by atoms with E-state index in [1.54, 1.807) is 0 Å². The maximum atomic E-state index is 9.65. The Balaban J connectivity index is 0. The van der Waals surface area contributed by atoms with Crippen LogP contribution in [0.1, 0.15) is 13.3 Å². The van der Waals surface area contributed by atoms with E-state index in [4.69, 9.17) is 0 Å². The molecular formula is C3H8NNaO2S. The van der Waals surface area contributed by atoms with E-state index in [1.165, 1.54) is 0 Å². The molecule has 1 N–H and O–H groups in total. The minimum atomic E-state index is -2.07. The Morgan fingerprint density at radius 1 is 1.75 bits per heavy atom. The molecule has 0 saturated carbocycles. The van der Waals surface area contributed by atoms with Crippen molar-refractivity contribution >= 4 is 11.3 Å². The van der Waals surface area contributed by atoms with Gasteiger partial charge in [0, 0.05) is 17.8 Å². The van der Waals surface area contributed by atoms with Gasteiger partial charge >= 0.3 is 29.6 Å². The Labute approximate surface area is 73.9 Å². The van der Waals surface area contributed by atoms with E-state index in [0.29, 0.717) is 6.54 Å². The first-order valence-electron chi connectivity index (χ1n) is 2.10. The molecule has 44 valence electrons. The first kappa shape index (κ1) is 11.8. The van der Waals surface area contributed by atoms with E-state index >= 15 is 0 Å².